The van der Waals surface area contributed by atoms with E-state index in [2.05, 4.69) is 5.32 Å². The Morgan fingerprint density at radius 3 is 2.10 bits per heavy atom. The van der Waals surface area contributed by atoms with Crippen molar-refractivity contribution in [3.8, 4) is 0 Å². The van der Waals surface area contributed by atoms with Crippen LogP contribution in [0.1, 0.15) is 35.6 Å². The van der Waals surface area contributed by atoms with Crippen LogP contribution in [0.25, 0.3) is 0 Å². The molecule has 0 unspecified atom stereocenters. The molecule has 9 heteroatoms. The molecule has 0 bridgehead atoms. The number of nitrogens with zero attached hydrogens (tertiary/aromatic N) is 2. The van der Waals surface area contributed by atoms with Crippen LogP contribution >= 0.6 is 11.6 Å². The van der Waals surface area contributed by atoms with Crippen molar-refractivity contribution >= 4 is 39.1 Å². The number of anilines is 1. The number of hydrogen-bond donors (Lipinski definition) is 1. The lowest BCUT2D eigenvalue weighted by Crippen LogP contribution is -2.53. The highest BCUT2D eigenvalue weighted by Crippen LogP contribution is 2.23. The molecule has 7 nitrogen and oxygen atoms in total. The quantitative estimate of drug-likeness (QED) is 0.336. The van der Waals surface area contributed by atoms with E-state index in [9.17, 15) is 18.0 Å². The van der Waals surface area contributed by atoms with E-state index in [1.807, 2.05) is 57.2 Å². The van der Waals surface area contributed by atoms with Crippen molar-refractivity contribution in [1.29, 1.82) is 0 Å². The van der Waals surface area contributed by atoms with Crippen LogP contribution < -0.4 is 9.62 Å². The molecule has 0 saturated heterocycles. The summed E-state index contributed by atoms with van der Waals surface area (Å²) in [5.41, 5.74) is 3.82. The first-order valence-electron chi connectivity index (χ1n) is 12.9. The normalized spacial score (nSPS) is 12.0. The van der Waals surface area contributed by atoms with E-state index < -0.39 is 28.5 Å². The molecule has 0 radical (unpaired) electrons. The monoisotopic (exact) mass is 569 g/mol. The Morgan fingerprint density at radius 1 is 0.923 bits per heavy atom. The molecule has 0 spiro atoms. The third-order valence-corrected chi connectivity index (χ3v) is 7.65. The Balaban J connectivity index is 2.05. The van der Waals surface area contributed by atoms with Crippen LogP contribution in [-0.4, -0.2) is 50.5 Å². The summed E-state index contributed by atoms with van der Waals surface area (Å²) in [5, 5.41) is 3.48. The average molecular weight is 570 g/mol. The largest absolute Gasteiger partial charge is 0.354 e. The zero-order valence-electron chi connectivity index (χ0n) is 22.9. The molecule has 1 N–H and O–H groups in total. The number of amides is 2. The van der Waals surface area contributed by atoms with Gasteiger partial charge in [0.1, 0.15) is 12.6 Å². The van der Waals surface area contributed by atoms with Gasteiger partial charge >= 0.3 is 0 Å². The van der Waals surface area contributed by atoms with Gasteiger partial charge in [-0.3, -0.25) is 13.9 Å². The minimum atomic E-state index is -3.81. The molecular formula is C30H36ClN3O4S. The summed E-state index contributed by atoms with van der Waals surface area (Å²) in [6, 6.07) is 21.1. The maximum absolute atomic E-state index is 14.0. The third-order valence-electron chi connectivity index (χ3n) is 6.26. The van der Waals surface area contributed by atoms with Gasteiger partial charge in [0.25, 0.3) is 0 Å². The summed E-state index contributed by atoms with van der Waals surface area (Å²) in [5.74, 6) is -0.776. The highest BCUT2D eigenvalue weighted by Gasteiger charge is 2.33. The summed E-state index contributed by atoms with van der Waals surface area (Å²) in [6.07, 6.45) is 2.10. The Labute approximate surface area is 236 Å². The molecular weight excluding hydrogens is 534 g/mol. The minimum Gasteiger partial charge on any atom is -0.354 e. The van der Waals surface area contributed by atoms with E-state index in [1.54, 1.807) is 36.4 Å². The van der Waals surface area contributed by atoms with E-state index in [-0.39, 0.29) is 18.9 Å². The first kappa shape index (κ1) is 30.2. The van der Waals surface area contributed by atoms with Crippen molar-refractivity contribution in [2.75, 3.05) is 23.7 Å². The predicted molar refractivity (Wildman–Crippen MR) is 157 cm³/mol. The maximum Gasteiger partial charge on any atom is 0.244 e. The molecule has 1 atom stereocenters. The predicted octanol–water partition coefficient (Wildman–Crippen LogP) is 4.89. The fraction of sp³-hybridized carbons (Fsp3) is 0.333. The van der Waals surface area contributed by atoms with E-state index in [0.717, 1.165) is 39.2 Å². The van der Waals surface area contributed by atoms with Crippen molar-refractivity contribution in [3.05, 3.63) is 100 Å². The lowest BCUT2D eigenvalue weighted by atomic mass is 10.0. The molecule has 0 aliphatic carbocycles. The first-order valence-corrected chi connectivity index (χ1v) is 15.1. The molecule has 3 rings (SSSR count). The molecule has 0 aliphatic rings. The number of aryl methyl sites for hydroxylation is 2. The second-order valence-corrected chi connectivity index (χ2v) is 12.1. The Kier molecular flexibility index (Phi) is 10.5. The second kappa shape index (κ2) is 13.6. The van der Waals surface area contributed by atoms with E-state index in [0.29, 0.717) is 17.3 Å². The summed E-state index contributed by atoms with van der Waals surface area (Å²) in [7, 11) is -3.81. The van der Waals surface area contributed by atoms with Crippen molar-refractivity contribution in [1.82, 2.24) is 10.2 Å². The van der Waals surface area contributed by atoms with Crippen LogP contribution in [0.4, 0.5) is 5.69 Å². The van der Waals surface area contributed by atoms with Gasteiger partial charge in [0.05, 0.1) is 11.9 Å². The first-order chi connectivity index (χ1) is 18.5. The number of carbonyl (C=O) groups is 2. The van der Waals surface area contributed by atoms with Crippen LogP contribution in [0.15, 0.2) is 72.8 Å². The van der Waals surface area contributed by atoms with Crippen molar-refractivity contribution in [2.24, 2.45) is 0 Å². The molecule has 3 aromatic rings. The summed E-state index contributed by atoms with van der Waals surface area (Å²) in [4.78, 5) is 29.0. The van der Waals surface area contributed by atoms with Gasteiger partial charge in [-0.05, 0) is 66.8 Å². The van der Waals surface area contributed by atoms with Gasteiger partial charge in [-0.2, -0.15) is 0 Å². The summed E-state index contributed by atoms with van der Waals surface area (Å²) >= 11 is 6.08. The fourth-order valence-corrected chi connectivity index (χ4v) is 5.37. The highest BCUT2D eigenvalue weighted by atomic mass is 35.5. The van der Waals surface area contributed by atoms with Gasteiger partial charge in [0.2, 0.25) is 21.8 Å². The summed E-state index contributed by atoms with van der Waals surface area (Å²) in [6.45, 7) is 5.83. The number of carbonyl (C=O) groups excluding carboxylic acids is 2. The SMILES string of the molecule is CCCNC(=O)[C@H](Cc1ccccc1)N(Cc1ccc(Cl)cc1)C(=O)CN(c1cc(C)cc(C)c1)S(C)(=O)=O. The maximum atomic E-state index is 14.0. The lowest BCUT2D eigenvalue weighted by molar-refractivity contribution is -0.140. The zero-order valence-corrected chi connectivity index (χ0v) is 24.4. The van der Waals surface area contributed by atoms with Gasteiger partial charge in [-0.1, -0.05) is 67.1 Å². The molecule has 0 heterocycles. The van der Waals surface area contributed by atoms with Crippen molar-refractivity contribution in [3.63, 3.8) is 0 Å². The number of rotatable bonds is 12. The van der Waals surface area contributed by atoms with Crippen LogP contribution in [0.2, 0.25) is 5.02 Å². The highest BCUT2D eigenvalue weighted by molar-refractivity contribution is 7.92. The summed E-state index contributed by atoms with van der Waals surface area (Å²) < 4.78 is 26.9. The number of nitrogens with one attached hydrogen (secondary N) is 1. The van der Waals surface area contributed by atoms with Gasteiger partial charge in [-0.15, -0.1) is 0 Å². The average Bonchev–Trinajstić information content (AvgIpc) is 2.88. The van der Waals surface area contributed by atoms with Crippen LogP contribution in [0.5, 0.6) is 0 Å². The lowest BCUT2D eigenvalue weighted by Gasteiger charge is -2.33. The van der Waals surface area contributed by atoms with E-state index in [1.165, 1.54) is 4.90 Å². The van der Waals surface area contributed by atoms with E-state index >= 15 is 0 Å². The number of halogens is 1. The minimum absolute atomic E-state index is 0.109. The van der Waals surface area contributed by atoms with Crippen LogP contribution in [0.3, 0.4) is 0 Å². The number of sulfonamides is 1. The van der Waals surface area contributed by atoms with Crippen molar-refractivity contribution < 1.29 is 18.0 Å². The molecule has 0 saturated carbocycles. The van der Waals surface area contributed by atoms with Crippen molar-refractivity contribution in [2.45, 2.75) is 46.2 Å². The smallest absolute Gasteiger partial charge is 0.244 e. The van der Waals surface area contributed by atoms with Crippen LogP contribution in [-0.2, 0) is 32.6 Å². The van der Waals surface area contributed by atoms with Gasteiger partial charge in [0.15, 0.2) is 0 Å². The molecule has 0 fully saturated rings. The molecule has 2 amide bonds. The fourth-order valence-electron chi connectivity index (χ4n) is 4.41. The van der Waals surface area contributed by atoms with Gasteiger partial charge < -0.3 is 10.2 Å². The molecule has 0 aliphatic heterocycles. The second-order valence-electron chi connectivity index (χ2n) is 9.76. The third kappa shape index (κ3) is 8.83. The van der Waals surface area contributed by atoms with Crippen LogP contribution in [0, 0.1) is 13.8 Å². The molecule has 0 aromatic heterocycles. The molecule has 3 aromatic carbocycles. The number of hydrogen-bond acceptors (Lipinski definition) is 4. The van der Waals surface area contributed by atoms with Gasteiger partial charge in [-0.25, -0.2) is 8.42 Å². The van der Waals surface area contributed by atoms with E-state index in [4.69, 9.17) is 11.6 Å². The Hall–Kier alpha value is -3.36. The molecule has 208 valence electrons. The Morgan fingerprint density at radius 2 is 1.54 bits per heavy atom. The zero-order chi connectivity index (χ0) is 28.6. The molecule has 39 heavy (non-hydrogen) atoms. The number of benzene rings is 3. The Bertz CT molecular complexity index is 1360. The standard InChI is InChI=1S/C30H36ClN3O4S/c1-5-15-32-30(36)28(19-24-9-7-6-8-10-24)33(20-25-11-13-26(31)14-12-25)29(35)21-34(39(4,37)38)27-17-22(2)16-23(3)18-27/h6-14,16-18,28H,5,15,19-21H2,1-4H3,(H,32,36)/t28-/m0/s1. The van der Waals surface area contributed by atoms with Gasteiger partial charge in [0, 0.05) is 24.5 Å². The topological polar surface area (TPSA) is 86.8 Å².